The van der Waals surface area contributed by atoms with E-state index in [1.54, 1.807) is 0 Å². The van der Waals surface area contributed by atoms with Crippen molar-refractivity contribution in [2.24, 2.45) is 0 Å². The number of aryl methyl sites for hydroxylation is 1. The molecular formula is C17H24N4O2. The van der Waals surface area contributed by atoms with Crippen LogP contribution < -0.4 is 10.6 Å². The zero-order valence-electron chi connectivity index (χ0n) is 13.5. The highest BCUT2D eigenvalue weighted by Crippen LogP contribution is 2.28. The van der Waals surface area contributed by atoms with Gasteiger partial charge in [0.25, 0.3) is 0 Å². The maximum Gasteiger partial charge on any atom is 0.314 e. The van der Waals surface area contributed by atoms with Crippen molar-refractivity contribution in [3.05, 3.63) is 30.1 Å². The molecule has 0 unspecified atom stereocenters. The molecule has 1 saturated carbocycles. The fourth-order valence-corrected chi connectivity index (χ4v) is 3.28. The first kappa shape index (κ1) is 15.8. The number of nitrogens with one attached hydrogen (secondary N) is 2. The average Bonchev–Trinajstić information content (AvgIpc) is 3.10. The number of hydrogen-bond donors (Lipinski definition) is 3. The highest BCUT2D eigenvalue weighted by molar-refractivity contribution is 5.76. The van der Waals surface area contributed by atoms with Crippen LogP contribution in [0.2, 0.25) is 0 Å². The van der Waals surface area contributed by atoms with Gasteiger partial charge in [-0.2, -0.15) is 0 Å². The Kier molecular flexibility index (Phi) is 4.52. The van der Waals surface area contributed by atoms with Crippen LogP contribution in [0.1, 0.15) is 31.5 Å². The van der Waals surface area contributed by atoms with Crippen molar-refractivity contribution in [3.63, 3.8) is 0 Å². The van der Waals surface area contributed by atoms with E-state index in [1.807, 2.05) is 31.2 Å². The minimum absolute atomic E-state index is 0.229. The summed E-state index contributed by atoms with van der Waals surface area (Å²) in [7, 11) is 0. The summed E-state index contributed by atoms with van der Waals surface area (Å²) in [4.78, 5) is 16.4. The van der Waals surface area contributed by atoms with Gasteiger partial charge < -0.3 is 20.3 Å². The Balaban J connectivity index is 1.48. The molecule has 1 aromatic heterocycles. The average molecular weight is 316 g/mol. The van der Waals surface area contributed by atoms with Gasteiger partial charge in [-0.25, -0.2) is 9.78 Å². The molecule has 1 aliphatic rings. The highest BCUT2D eigenvalue weighted by atomic mass is 16.3. The van der Waals surface area contributed by atoms with E-state index in [2.05, 4.69) is 20.2 Å². The maximum atomic E-state index is 11.9. The number of amides is 2. The lowest BCUT2D eigenvalue weighted by Crippen LogP contribution is -2.45. The van der Waals surface area contributed by atoms with Gasteiger partial charge >= 0.3 is 6.03 Å². The molecule has 6 heteroatoms. The predicted molar refractivity (Wildman–Crippen MR) is 89.3 cm³/mol. The molecule has 0 atom stereocenters. The van der Waals surface area contributed by atoms with E-state index in [1.165, 1.54) is 0 Å². The van der Waals surface area contributed by atoms with Gasteiger partial charge in [0, 0.05) is 19.6 Å². The van der Waals surface area contributed by atoms with Crippen molar-refractivity contribution >= 4 is 17.1 Å². The van der Waals surface area contributed by atoms with Crippen LogP contribution in [-0.4, -0.2) is 39.4 Å². The number of imidazole rings is 1. The summed E-state index contributed by atoms with van der Waals surface area (Å²) < 4.78 is 2.10. The van der Waals surface area contributed by atoms with Gasteiger partial charge in [0.15, 0.2) is 0 Å². The summed E-state index contributed by atoms with van der Waals surface area (Å²) in [5.74, 6) is 0.939. The van der Waals surface area contributed by atoms with E-state index < -0.39 is 5.60 Å². The number of hydrogen-bond acceptors (Lipinski definition) is 3. The molecule has 0 spiro atoms. The predicted octanol–water partition coefficient (Wildman–Crippen LogP) is 1.95. The van der Waals surface area contributed by atoms with Crippen molar-refractivity contribution in [2.75, 3.05) is 13.1 Å². The molecule has 0 aliphatic heterocycles. The Labute approximate surface area is 135 Å². The van der Waals surface area contributed by atoms with Crippen LogP contribution in [0.25, 0.3) is 11.0 Å². The molecule has 1 fully saturated rings. The molecule has 0 radical (unpaired) electrons. The minimum atomic E-state index is -0.714. The number of carbonyl (C=O) groups excluding carboxylic acids is 1. The van der Waals surface area contributed by atoms with Crippen LogP contribution in [0.15, 0.2) is 24.3 Å². The van der Waals surface area contributed by atoms with E-state index >= 15 is 0 Å². The lowest BCUT2D eigenvalue weighted by Gasteiger charge is -2.22. The smallest absolute Gasteiger partial charge is 0.314 e. The molecule has 2 aromatic rings. The zero-order valence-corrected chi connectivity index (χ0v) is 13.5. The number of para-hydroxylation sites is 2. The Morgan fingerprint density at radius 2 is 2.04 bits per heavy atom. The van der Waals surface area contributed by atoms with Crippen LogP contribution in [0.5, 0.6) is 0 Å². The number of carbonyl (C=O) groups is 1. The standard InChI is InChI=1S/C17H24N4O2/c1-13-20-14-6-2-3-7-15(14)21(13)11-10-18-16(22)19-12-17(23)8-4-5-9-17/h2-3,6-7,23H,4-5,8-12H2,1H3,(H2,18,19,22). The van der Waals surface area contributed by atoms with Crippen LogP contribution >= 0.6 is 0 Å². The summed E-state index contributed by atoms with van der Waals surface area (Å²) in [6, 6.07) is 7.75. The van der Waals surface area contributed by atoms with E-state index in [9.17, 15) is 9.90 Å². The lowest BCUT2D eigenvalue weighted by molar-refractivity contribution is 0.0501. The summed E-state index contributed by atoms with van der Waals surface area (Å²) in [5, 5.41) is 15.8. The fourth-order valence-electron chi connectivity index (χ4n) is 3.28. The number of fused-ring (bicyclic) bond motifs is 1. The SMILES string of the molecule is Cc1nc2ccccc2n1CCNC(=O)NCC1(O)CCCC1. The molecule has 3 N–H and O–H groups in total. The van der Waals surface area contributed by atoms with E-state index in [0.717, 1.165) is 42.5 Å². The molecule has 3 rings (SSSR count). The van der Waals surface area contributed by atoms with Crippen LogP contribution in [0, 0.1) is 6.92 Å². The topological polar surface area (TPSA) is 79.2 Å². The van der Waals surface area contributed by atoms with Gasteiger partial charge in [0.2, 0.25) is 0 Å². The van der Waals surface area contributed by atoms with Gasteiger partial charge in [-0.1, -0.05) is 25.0 Å². The van der Waals surface area contributed by atoms with Crippen LogP contribution in [-0.2, 0) is 6.54 Å². The second kappa shape index (κ2) is 6.58. The summed E-state index contributed by atoms with van der Waals surface area (Å²) in [6.07, 6.45) is 3.61. The van der Waals surface area contributed by atoms with Crippen molar-refractivity contribution < 1.29 is 9.90 Å². The van der Waals surface area contributed by atoms with Gasteiger partial charge in [0.05, 0.1) is 16.6 Å². The van der Waals surface area contributed by atoms with Crippen molar-refractivity contribution in [1.82, 2.24) is 20.2 Å². The van der Waals surface area contributed by atoms with Gasteiger partial charge in [-0.05, 0) is 31.9 Å². The van der Waals surface area contributed by atoms with Crippen molar-refractivity contribution in [1.29, 1.82) is 0 Å². The number of urea groups is 1. The molecule has 1 aromatic carbocycles. The van der Waals surface area contributed by atoms with E-state index in [-0.39, 0.29) is 6.03 Å². The minimum Gasteiger partial charge on any atom is -0.388 e. The summed E-state index contributed by atoms with van der Waals surface area (Å²) >= 11 is 0. The molecule has 6 nitrogen and oxygen atoms in total. The molecule has 2 amide bonds. The van der Waals surface area contributed by atoms with Gasteiger partial charge in [0.1, 0.15) is 5.82 Å². The van der Waals surface area contributed by atoms with Crippen LogP contribution in [0.4, 0.5) is 4.79 Å². The number of aliphatic hydroxyl groups is 1. The van der Waals surface area contributed by atoms with Gasteiger partial charge in [-0.15, -0.1) is 0 Å². The number of rotatable bonds is 5. The highest BCUT2D eigenvalue weighted by Gasteiger charge is 2.31. The first-order chi connectivity index (χ1) is 11.1. The largest absolute Gasteiger partial charge is 0.388 e. The van der Waals surface area contributed by atoms with E-state index in [0.29, 0.717) is 19.6 Å². The van der Waals surface area contributed by atoms with E-state index in [4.69, 9.17) is 0 Å². The second-order valence-electron chi connectivity index (χ2n) is 6.34. The lowest BCUT2D eigenvalue weighted by atomic mass is 10.0. The monoisotopic (exact) mass is 316 g/mol. The first-order valence-electron chi connectivity index (χ1n) is 8.23. The zero-order chi connectivity index (χ0) is 16.3. The second-order valence-corrected chi connectivity index (χ2v) is 6.34. The molecule has 0 saturated heterocycles. The third-order valence-electron chi connectivity index (χ3n) is 4.58. The molecule has 0 bridgehead atoms. The molecular weight excluding hydrogens is 292 g/mol. The number of benzene rings is 1. The summed E-state index contributed by atoms with van der Waals surface area (Å²) in [6.45, 7) is 3.48. The quantitative estimate of drug-likeness (QED) is 0.789. The molecule has 1 heterocycles. The fraction of sp³-hybridized carbons (Fsp3) is 0.529. The Morgan fingerprint density at radius 3 is 2.83 bits per heavy atom. The Hall–Kier alpha value is -2.08. The third kappa shape index (κ3) is 3.64. The first-order valence-corrected chi connectivity index (χ1v) is 8.23. The van der Waals surface area contributed by atoms with Crippen molar-refractivity contribution in [3.8, 4) is 0 Å². The molecule has 124 valence electrons. The van der Waals surface area contributed by atoms with Gasteiger partial charge in [-0.3, -0.25) is 0 Å². The number of nitrogens with zero attached hydrogens (tertiary/aromatic N) is 2. The third-order valence-corrected chi connectivity index (χ3v) is 4.58. The molecule has 1 aliphatic carbocycles. The number of aromatic nitrogens is 2. The summed E-state index contributed by atoms with van der Waals surface area (Å²) in [5.41, 5.74) is 1.33. The van der Waals surface area contributed by atoms with Crippen molar-refractivity contribution in [2.45, 2.75) is 44.8 Å². The molecule has 23 heavy (non-hydrogen) atoms. The normalized spacial score (nSPS) is 16.6. The van der Waals surface area contributed by atoms with Crippen LogP contribution in [0.3, 0.4) is 0 Å². The Morgan fingerprint density at radius 1 is 1.30 bits per heavy atom. The Bertz CT molecular complexity index is 689. The maximum absolute atomic E-state index is 11.9.